The van der Waals surface area contributed by atoms with E-state index >= 15 is 0 Å². The van der Waals surface area contributed by atoms with Crippen molar-refractivity contribution >= 4 is 38.9 Å². The van der Waals surface area contributed by atoms with Gasteiger partial charge in [0.05, 0.1) is 18.1 Å². The van der Waals surface area contributed by atoms with Crippen molar-refractivity contribution < 1.29 is 26.7 Å². The summed E-state index contributed by atoms with van der Waals surface area (Å²) < 4.78 is 60.5. The first-order chi connectivity index (χ1) is 22.2. The number of carbonyl (C=O) groups excluding carboxylic acids is 1. The Hall–Kier alpha value is -4.30. The quantitative estimate of drug-likeness (QED) is 0.219. The minimum atomic E-state index is -3.76. The Balaban J connectivity index is 1.04. The van der Waals surface area contributed by atoms with Crippen LogP contribution in [-0.4, -0.2) is 72.8 Å². The van der Waals surface area contributed by atoms with Gasteiger partial charge in [-0.3, -0.25) is 9.69 Å². The smallest absolute Gasteiger partial charge is 0.243 e. The SMILES string of the molecule is O=C(c1cccc(CN2CCOCC2)c1)C1CCN(S(=O)(=O)c2ccc(Nc3nccc(Nc4ccc(F)c(F)c4)n3)cc2)CC1. The molecule has 0 saturated carbocycles. The van der Waals surface area contributed by atoms with Crippen molar-refractivity contribution in [3.05, 3.63) is 102 Å². The van der Waals surface area contributed by atoms with Crippen molar-refractivity contribution in [1.82, 2.24) is 19.2 Å². The van der Waals surface area contributed by atoms with Crippen LogP contribution in [0, 0.1) is 17.6 Å². The lowest BCUT2D eigenvalue weighted by atomic mass is 9.89. The van der Waals surface area contributed by atoms with Gasteiger partial charge in [-0.2, -0.15) is 9.29 Å². The van der Waals surface area contributed by atoms with Crippen LogP contribution in [0.25, 0.3) is 0 Å². The zero-order chi connectivity index (χ0) is 32.1. The highest BCUT2D eigenvalue weighted by atomic mass is 32.2. The second kappa shape index (κ2) is 14.0. The molecule has 0 unspecified atom stereocenters. The molecule has 0 bridgehead atoms. The molecule has 2 fully saturated rings. The first-order valence-electron chi connectivity index (χ1n) is 15.1. The van der Waals surface area contributed by atoms with E-state index in [1.165, 1.54) is 28.7 Å². The Morgan fingerprint density at radius 3 is 2.35 bits per heavy atom. The third-order valence-corrected chi connectivity index (χ3v) is 10.1. The molecule has 46 heavy (non-hydrogen) atoms. The molecule has 3 heterocycles. The summed E-state index contributed by atoms with van der Waals surface area (Å²) in [6.45, 7) is 4.47. The highest BCUT2D eigenvalue weighted by molar-refractivity contribution is 7.89. The van der Waals surface area contributed by atoms with E-state index in [9.17, 15) is 22.0 Å². The van der Waals surface area contributed by atoms with Gasteiger partial charge < -0.3 is 15.4 Å². The van der Waals surface area contributed by atoms with Gasteiger partial charge in [-0.1, -0.05) is 18.2 Å². The number of ketones is 1. The highest BCUT2D eigenvalue weighted by Crippen LogP contribution is 2.28. The molecule has 2 aliphatic heterocycles. The third kappa shape index (κ3) is 7.56. The minimum absolute atomic E-state index is 0.0580. The number of sulfonamides is 1. The van der Waals surface area contributed by atoms with Crippen molar-refractivity contribution in [2.24, 2.45) is 5.92 Å². The number of carbonyl (C=O) groups is 1. The maximum Gasteiger partial charge on any atom is 0.243 e. The molecular formula is C33H34F2N6O4S. The number of benzene rings is 3. The normalized spacial score (nSPS) is 16.7. The van der Waals surface area contributed by atoms with E-state index in [4.69, 9.17) is 4.74 Å². The number of rotatable bonds is 10. The Morgan fingerprint density at radius 2 is 1.61 bits per heavy atom. The lowest BCUT2D eigenvalue weighted by Crippen LogP contribution is -2.40. The summed E-state index contributed by atoms with van der Waals surface area (Å²) in [4.78, 5) is 24.3. The van der Waals surface area contributed by atoms with Crippen LogP contribution >= 0.6 is 0 Å². The highest BCUT2D eigenvalue weighted by Gasteiger charge is 2.32. The van der Waals surface area contributed by atoms with E-state index in [1.54, 1.807) is 18.2 Å². The Bertz CT molecular complexity index is 1790. The number of morpholine rings is 1. The first kappa shape index (κ1) is 31.7. The van der Waals surface area contributed by atoms with E-state index in [1.807, 2.05) is 24.3 Å². The molecule has 0 atom stereocenters. The second-order valence-corrected chi connectivity index (χ2v) is 13.2. The molecule has 4 aromatic rings. The topological polar surface area (TPSA) is 117 Å². The zero-order valence-corrected chi connectivity index (χ0v) is 25.8. The van der Waals surface area contributed by atoms with Crippen molar-refractivity contribution in [2.45, 2.75) is 24.3 Å². The average molecular weight is 649 g/mol. The summed E-state index contributed by atoms with van der Waals surface area (Å²) in [6, 6.07) is 19.0. The number of hydrogen-bond donors (Lipinski definition) is 2. The van der Waals surface area contributed by atoms with Crippen LogP contribution < -0.4 is 10.6 Å². The summed E-state index contributed by atoms with van der Waals surface area (Å²) in [5.41, 5.74) is 2.64. The largest absolute Gasteiger partial charge is 0.379 e. The van der Waals surface area contributed by atoms with Gasteiger partial charge in [0.1, 0.15) is 5.82 Å². The molecule has 240 valence electrons. The number of halogens is 2. The monoisotopic (exact) mass is 648 g/mol. The van der Waals surface area contributed by atoms with Gasteiger partial charge in [-0.05, 0) is 66.9 Å². The van der Waals surface area contributed by atoms with Crippen LogP contribution in [-0.2, 0) is 21.3 Å². The molecule has 0 radical (unpaired) electrons. The minimum Gasteiger partial charge on any atom is -0.379 e. The van der Waals surface area contributed by atoms with E-state index in [-0.39, 0.29) is 35.6 Å². The van der Waals surface area contributed by atoms with Crippen molar-refractivity contribution in [2.75, 3.05) is 50.0 Å². The fourth-order valence-electron chi connectivity index (χ4n) is 5.63. The van der Waals surface area contributed by atoms with Gasteiger partial charge in [0, 0.05) is 67.8 Å². The summed E-state index contributed by atoms with van der Waals surface area (Å²) >= 11 is 0. The summed E-state index contributed by atoms with van der Waals surface area (Å²) in [7, 11) is -3.76. The van der Waals surface area contributed by atoms with E-state index in [2.05, 4.69) is 25.5 Å². The Labute approximate surface area is 266 Å². The van der Waals surface area contributed by atoms with Crippen molar-refractivity contribution in [1.29, 1.82) is 0 Å². The van der Waals surface area contributed by atoms with E-state index < -0.39 is 21.7 Å². The number of Topliss-reactive ketones (excluding diaryl/α,β-unsaturated/α-hetero) is 1. The average Bonchev–Trinajstić information content (AvgIpc) is 3.07. The Kier molecular flexibility index (Phi) is 9.64. The third-order valence-electron chi connectivity index (χ3n) is 8.14. The van der Waals surface area contributed by atoms with Gasteiger partial charge in [0.2, 0.25) is 16.0 Å². The van der Waals surface area contributed by atoms with Crippen LogP contribution in [0.4, 0.5) is 31.9 Å². The zero-order valence-electron chi connectivity index (χ0n) is 25.0. The number of hydrogen-bond acceptors (Lipinski definition) is 9. The number of anilines is 4. The lowest BCUT2D eigenvalue weighted by molar-refractivity contribution is 0.0342. The second-order valence-electron chi connectivity index (χ2n) is 11.3. The molecular weight excluding hydrogens is 614 g/mol. The van der Waals surface area contributed by atoms with Crippen LogP contribution in [0.1, 0.15) is 28.8 Å². The van der Waals surface area contributed by atoms with Gasteiger partial charge in [-0.25, -0.2) is 22.2 Å². The number of ether oxygens (including phenoxy) is 1. The summed E-state index contributed by atoms with van der Waals surface area (Å²) in [5, 5.41) is 5.91. The molecule has 13 heteroatoms. The lowest BCUT2D eigenvalue weighted by Gasteiger charge is -2.30. The molecule has 0 aliphatic carbocycles. The van der Waals surface area contributed by atoms with Crippen LogP contribution in [0.15, 0.2) is 83.9 Å². The van der Waals surface area contributed by atoms with Crippen LogP contribution in [0.3, 0.4) is 0 Å². The van der Waals surface area contributed by atoms with E-state index in [0.717, 1.165) is 37.3 Å². The van der Waals surface area contributed by atoms with Crippen LogP contribution in [0.5, 0.6) is 0 Å². The fourth-order valence-corrected chi connectivity index (χ4v) is 7.10. The molecule has 2 N–H and O–H groups in total. The maximum atomic E-state index is 13.5. The maximum absolute atomic E-state index is 13.5. The molecule has 0 amide bonds. The summed E-state index contributed by atoms with van der Waals surface area (Å²) in [5.74, 6) is -1.53. The van der Waals surface area contributed by atoms with Crippen molar-refractivity contribution in [3.8, 4) is 0 Å². The number of nitrogens with zero attached hydrogens (tertiary/aromatic N) is 4. The molecule has 2 saturated heterocycles. The van der Waals surface area contributed by atoms with Gasteiger partial charge in [-0.15, -0.1) is 0 Å². The predicted octanol–water partition coefficient (Wildman–Crippen LogP) is 5.36. The van der Waals surface area contributed by atoms with E-state index in [0.29, 0.717) is 48.8 Å². The Morgan fingerprint density at radius 1 is 0.870 bits per heavy atom. The van der Waals surface area contributed by atoms with Crippen LogP contribution in [0.2, 0.25) is 0 Å². The number of piperidine rings is 1. The van der Waals surface area contributed by atoms with Gasteiger partial charge >= 0.3 is 0 Å². The molecule has 1 aromatic heterocycles. The molecule has 6 rings (SSSR count). The number of aromatic nitrogens is 2. The molecule has 2 aliphatic rings. The predicted molar refractivity (Wildman–Crippen MR) is 170 cm³/mol. The van der Waals surface area contributed by atoms with Gasteiger partial charge in [0.25, 0.3) is 0 Å². The van der Waals surface area contributed by atoms with Gasteiger partial charge in [0.15, 0.2) is 17.4 Å². The molecule has 10 nitrogen and oxygen atoms in total. The molecule has 3 aromatic carbocycles. The fraction of sp³-hybridized carbons (Fsp3) is 0.303. The number of nitrogens with one attached hydrogen (secondary N) is 2. The standard InChI is InChI=1S/C33H34F2N6O4S/c34-29-9-6-27(21-30(29)35)37-31-10-13-36-33(39-31)38-26-4-7-28(8-5-26)46(43,44)41-14-11-24(12-15-41)32(42)25-3-1-2-23(20-25)22-40-16-18-45-19-17-40/h1-10,13,20-21,24H,11-12,14-19,22H2,(H2,36,37,38,39). The molecule has 0 spiro atoms. The van der Waals surface area contributed by atoms with Crippen molar-refractivity contribution in [3.63, 3.8) is 0 Å². The first-order valence-corrected chi connectivity index (χ1v) is 16.5. The summed E-state index contributed by atoms with van der Waals surface area (Å²) in [6.07, 6.45) is 2.41.